The summed E-state index contributed by atoms with van der Waals surface area (Å²) in [4.78, 5) is 25.0. The Bertz CT molecular complexity index is 1220. The van der Waals surface area contributed by atoms with Crippen molar-refractivity contribution in [3.63, 3.8) is 0 Å². The number of benzene rings is 3. The molecule has 0 spiro atoms. The number of nitrogens with one attached hydrogen (secondary N) is 1. The third-order valence-corrected chi connectivity index (χ3v) is 7.12. The predicted octanol–water partition coefficient (Wildman–Crippen LogP) is 4.78. The van der Waals surface area contributed by atoms with E-state index in [4.69, 9.17) is 4.74 Å². The fourth-order valence-corrected chi connectivity index (χ4v) is 4.70. The zero-order chi connectivity index (χ0) is 25.3. The molecule has 0 heterocycles. The smallest absolute Gasteiger partial charge is 0.338 e. The second-order valence-electron chi connectivity index (χ2n) is 8.19. The first-order valence-electron chi connectivity index (χ1n) is 11.5. The van der Waals surface area contributed by atoms with Crippen molar-refractivity contribution in [3.05, 3.63) is 95.6 Å². The van der Waals surface area contributed by atoms with Crippen LogP contribution >= 0.6 is 0 Å². The lowest BCUT2D eigenvalue weighted by Gasteiger charge is -2.22. The second kappa shape index (κ2) is 12.3. The van der Waals surface area contributed by atoms with Gasteiger partial charge in [-0.3, -0.25) is 4.79 Å². The summed E-state index contributed by atoms with van der Waals surface area (Å²) >= 11 is 0. The van der Waals surface area contributed by atoms with Crippen LogP contribution in [-0.2, 0) is 26.1 Å². The molecule has 35 heavy (non-hydrogen) atoms. The molecule has 3 aromatic rings. The van der Waals surface area contributed by atoms with Crippen molar-refractivity contribution in [3.8, 4) is 0 Å². The third kappa shape index (κ3) is 7.50. The lowest BCUT2D eigenvalue weighted by atomic mass is 10.2. The van der Waals surface area contributed by atoms with Crippen LogP contribution in [0.2, 0.25) is 0 Å². The Morgan fingerprint density at radius 2 is 1.57 bits per heavy atom. The molecule has 0 atom stereocenters. The number of carbonyl (C=O) groups is 2. The number of rotatable bonds is 11. The van der Waals surface area contributed by atoms with Crippen LogP contribution in [0.15, 0.2) is 83.8 Å². The first-order valence-corrected chi connectivity index (χ1v) is 12.9. The van der Waals surface area contributed by atoms with Crippen LogP contribution in [0, 0.1) is 6.92 Å². The van der Waals surface area contributed by atoms with Crippen molar-refractivity contribution in [1.29, 1.82) is 0 Å². The number of sulfonamides is 1. The molecular weight excluding hydrogens is 464 g/mol. The summed E-state index contributed by atoms with van der Waals surface area (Å²) in [6.45, 7) is 3.93. The number of hydrogen-bond donors (Lipinski definition) is 1. The average molecular weight is 495 g/mol. The number of ether oxygens (including phenoxy) is 1. The fourth-order valence-electron chi connectivity index (χ4n) is 3.32. The number of unbranched alkanes of at least 4 members (excludes halogenated alkanes) is 1. The first kappa shape index (κ1) is 26.1. The molecule has 3 rings (SSSR count). The number of esters is 1. The standard InChI is InChI=1S/C27H30N2O5S/c1-3-4-18-34-27(31)23-12-14-24(15-13-23)28-26(30)20-29(19-22-8-6-5-7-9-22)35(32,33)25-16-10-21(2)11-17-25/h5-17H,3-4,18-20H2,1-2H3,(H,28,30). The number of anilines is 1. The molecule has 7 nitrogen and oxygen atoms in total. The van der Waals surface area contributed by atoms with Gasteiger partial charge < -0.3 is 10.1 Å². The van der Waals surface area contributed by atoms with Gasteiger partial charge in [-0.25, -0.2) is 13.2 Å². The van der Waals surface area contributed by atoms with Gasteiger partial charge in [-0.15, -0.1) is 0 Å². The zero-order valence-electron chi connectivity index (χ0n) is 19.9. The minimum atomic E-state index is -3.92. The summed E-state index contributed by atoms with van der Waals surface area (Å²) < 4.78 is 33.1. The molecule has 0 aliphatic carbocycles. The number of hydrogen-bond acceptors (Lipinski definition) is 5. The maximum absolute atomic E-state index is 13.4. The van der Waals surface area contributed by atoms with Crippen molar-refractivity contribution >= 4 is 27.6 Å². The van der Waals surface area contributed by atoms with Gasteiger partial charge in [-0.2, -0.15) is 4.31 Å². The van der Waals surface area contributed by atoms with Crippen molar-refractivity contribution in [2.75, 3.05) is 18.5 Å². The molecule has 0 aromatic heterocycles. The van der Waals surface area contributed by atoms with E-state index in [2.05, 4.69) is 5.32 Å². The van der Waals surface area contributed by atoms with E-state index in [1.54, 1.807) is 48.5 Å². The highest BCUT2D eigenvalue weighted by Gasteiger charge is 2.27. The van der Waals surface area contributed by atoms with Gasteiger partial charge >= 0.3 is 5.97 Å². The Balaban J connectivity index is 1.73. The summed E-state index contributed by atoms with van der Waals surface area (Å²) in [7, 11) is -3.92. The molecule has 3 aromatic carbocycles. The molecular formula is C27H30N2O5S. The minimum absolute atomic E-state index is 0.0486. The highest BCUT2D eigenvalue weighted by atomic mass is 32.2. The van der Waals surface area contributed by atoms with Crippen molar-refractivity contribution < 1.29 is 22.7 Å². The van der Waals surface area contributed by atoms with Crippen molar-refractivity contribution in [2.45, 2.75) is 38.1 Å². The molecule has 1 N–H and O–H groups in total. The maximum Gasteiger partial charge on any atom is 0.338 e. The van der Waals surface area contributed by atoms with E-state index in [1.165, 1.54) is 0 Å². The van der Waals surface area contributed by atoms with E-state index in [0.717, 1.165) is 28.3 Å². The quantitative estimate of drug-likeness (QED) is 0.306. The molecule has 184 valence electrons. The summed E-state index contributed by atoms with van der Waals surface area (Å²) in [5, 5.41) is 2.71. The van der Waals surface area contributed by atoms with E-state index >= 15 is 0 Å². The van der Waals surface area contributed by atoms with Crippen LogP contribution in [0.4, 0.5) is 5.69 Å². The number of aryl methyl sites for hydroxylation is 1. The lowest BCUT2D eigenvalue weighted by molar-refractivity contribution is -0.116. The number of amides is 1. The van der Waals surface area contributed by atoms with Crippen LogP contribution < -0.4 is 5.32 Å². The van der Waals surface area contributed by atoms with Gasteiger partial charge in [0.25, 0.3) is 0 Å². The van der Waals surface area contributed by atoms with Gasteiger partial charge in [0.15, 0.2) is 0 Å². The van der Waals surface area contributed by atoms with E-state index in [9.17, 15) is 18.0 Å². The Labute approximate surface area is 206 Å². The maximum atomic E-state index is 13.4. The van der Waals surface area contributed by atoms with Gasteiger partial charge in [-0.1, -0.05) is 61.4 Å². The molecule has 0 fully saturated rings. The molecule has 0 saturated carbocycles. The van der Waals surface area contributed by atoms with Crippen LogP contribution in [-0.4, -0.2) is 37.8 Å². The molecule has 0 aliphatic heterocycles. The van der Waals surface area contributed by atoms with E-state index in [1.807, 2.05) is 44.2 Å². The monoisotopic (exact) mass is 494 g/mol. The fraction of sp³-hybridized carbons (Fsp3) is 0.259. The second-order valence-corrected chi connectivity index (χ2v) is 10.1. The largest absolute Gasteiger partial charge is 0.462 e. The van der Waals surface area contributed by atoms with Crippen molar-refractivity contribution in [1.82, 2.24) is 4.31 Å². The summed E-state index contributed by atoms with van der Waals surface area (Å²) in [6.07, 6.45) is 1.73. The van der Waals surface area contributed by atoms with Crippen molar-refractivity contribution in [2.24, 2.45) is 0 Å². The first-order chi connectivity index (χ1) is 16.8. The van der Waals surface area contributed by atoms with Crippen LogP contribution in [0.1, 0.15) is 41.3 Å². The van der Waals surface area contributed by atoms with Gasteiger partial charge in [0.05, 0.1) is 23.6 Å². The molecule has 0 unspecified atom stereocenters. The van der Waals surface area contributed by atoms with Crippen LogP contribution in [0.5, 0.6) is 0 Å². The Hall–Kier alpha value is -3.49. The topological polar surface area (TPSA) is 92.8 Å². The Morgan fingerprint density at radius 1 is 0.914 bits per heavy atom. The minimum Gasteiger partial charge on any atom is -0.462 e. The summed E-state index contributed by atoms with van der Waals surface area (Å²) in [5.74, 6) is -0.913. The van der Waals surface area contributed by atoms with Gasteiger partial charge in [-0.05, 0) is 55.3 Å². The summed E-state index contributed by atoms with van der Waals surface area (Å²) in [6, 6.07) is 21.9. The predicted molar refractivity (Wildman–Crippen MR) is 135 cm³/mol. The average Bonchev–Trinajstić information content (AvgIpc) is 2.85. The molecule has 0 saturated heterocycles. The van der Waals surface area contributed by atoms with E-state index in [0.29, 0.717) is 17.9 Å². The third-order valence-electron chi connectivity index (χ3n) is 5.32. The molecule has 0 aliphatic rings. The zero-order valence-corrected chi connectivity index (χ0v) is 20.8. The molecule has 0 radical (unpaired) electrons. The lowest BCUT2D eigenvalue weighted by Crippen LogP contribution is -2.37. The molecule has 1 amide bonds. The number of nitrogens with zero attached hydrogens (tertiary/aromatic N) is 1. The van der Waals surface area contributed by atoms with E-state index in [-0.39, 0.29) is 18.0 Å². The SMILES string of the molecule is CCCCOC(=O)c1ccc(NC(=O)CN(Cc2ccccc2)S(=O)(=O)c2ccc(C)cc2)cc1. The van der Waals surface area contributed by atoms with Gasteiger partial charge in [0, 0.05) is 12.2 Å². The summed E-state index contributed by atoms with van der Waals surface area (Å²) in [5.41, 5.74) is 2.54. The van der Waals surface area contributed by atoms with Gasteiger partial charge in [0.1, 0.15) is 0 Å². The highest BCUT2D eigenvalue weighted by molar-refractivity contribution is 7.89. The normalized spacial score (nSPS) is 11.3. The van der Waals surface area contributed by atoms with Crippen LogP contribution in [0.25, 0.3) is 0 Å². The molecule has 0 bridgehead atoms. The van der Waals surface area contributed by atoms with E-state index < -0.39 is 21.9 Å². The molecule has 8 heteroatoms. The Kier molecular flexibility index (Phi) is 9.17. The number of carbonyl (C=O) groups excluding carboxylic acids is 2. The van der Waals surface area contributed by atoms with Crippen LogP contribution in [0.3, 0.4) is 0 Å². The Morgan fingerprint density at radius 3 is 2.20 bits per heavy atom. The van der Waals surface area contributed by atoms with Gasteiger partial charge in [0.2, 0.25) is 15.9 Å². The highest BCUT2D eigenvalue weighted by Crippen LogP contribution is 2.20.